The molecule has 0 aliphatic rings. The number of nitrogens with zero attached hydrogens (tertiary/aromatic N) is 2. The molecule has 1 aromatic heterocycles. The van der Waals surface area contributed by atoms with Gasteiger partial charge in [0, 0.05) is 16.8 Å². The zero-order valence-corrected chi connectivity index (χ0v) is 12.8. The van der Waals surface area contributed by atoms with Gasteiger partial charge in [-0.1, -0.05) is 48.0 Å². The van der Waals surface area contributed by atoms with E-state index >= 15 is 0 Å². The lowest BCUT2D eigenvalue weighted by Gasteiger charge is -2.08. The van der Waals surface area contributed by atoms with Crippen LogP contribution in [0, 0.1) is 0 Å². The van der Waals surface area contributed by atoms with Crippen molar-refractivity contribution in [1.29, 1.82) is 0 Å². The van der Waals surface area contributed by atoms with Gasteiger partial charge >= 0.3 is 0 Å². The Morgan fingerprint density at radius 3 is 2.48 bits per heavy atom. The Labute approximate surface area is 133 Å². The largest absolute Gasteiger partial charge is 0.241 e. The van der Waals surface area contributed by atoms with Gasteiger partial charge in [0.05, 0.1) is 17.3 Å². The Bertz CT molecular complexity index is 722. The quantitative estimate of drug-likeness (QED) is 0.616. The van der Waals surface area contributed by atoms with Gasteiger partial charge in [0.2, 0.25) is 0 Å². The Morgan fingerprint density at radius 1 is 1.00 bits per heavy atom. The fraction of sp³-hybridized carbons (Fsp3) is 0.118. The average Bonchev–Trinajstić information content (AvgIpc) is 3.00. The molecule has 2 nitrogen and oxygen atoms in total. The fourth-order valence-corrected chi connectivity index (χ4v) is 2.69. The standard InChI is InChI=1S/C17H14Cl2N2/c18-16-9-5-4-6-13(16)10-17(19)14-11-20-21(12-14)15-7-2-1-3-8-15/h1-9,11-12,17H,10H2. The third-order valence-corrected chi connectivity index (χ3v) is 4.12. The predicted molar refractivity (Wildman–Crippen MR) is 87.3 cm³/mol. The van der Waals surface area contributed by atoms with Crippen molar-refractivity contribution in [1.82, 2.24) is 9.78 Å². The Balaban J connectivity index is 1.79. The summed E-state index contributed by atoms with van der Waals surface area (Å²) in [6, 6.07) is 17.7. The van der Waals surface area contributed by atoms with Gasteiger partial charge < -0.3 is 0 Å². The van der Waals surface area contributed by atoms with E-state index in [0.29, 0.717) is 6.42 Å². The Kier molecular flexibility index (Phi) is 4.28. The molecule has 0 saturated heterocycles. The molecule has 1 heterocycles. The lowest BCUT2D eigenvalue weighted by molar-refractivity contribution is 0.877. The monoisotopic (exact) mass is 316 g/mol. The summed E-state index contributed by atoms with van der Waals surface area (Å²) in [6.45, 7) is 0. The summed E-state index contributed by atoms with van der Waals surface area (Å²) in [6.07, 6.45) is 4.45. The van der Waals surface area contributed by atoms with Gasteiger partial charge in [-0.05, 0) is 30.2 Å². The summed E-state index contributed by atoms with van der Waals surface area (Å²) < 4.78 is 1.83. The van der Waals surface area contributed by atoms with Gasteiger partial charge in [0.15, 0.2) is 0 Å². The number of halogens is 2. The van der Waals surface area contributed by atoms with Crippen molar-refractivity contribution < 1.29 is 0 Å². The summed E-state index contributed by atoms with van der Waals surface area (Å²) in [5.74, 6) is 0. The number of hydrogen-bond acceptors (Lipinski definition) is 1. The van der Waals surface area contributed by atoms with Crippen LogP contribution < -0.4 is 0 Å². The minimum atomic E-state index is -0.151. The van der Waals surface area contributed by atoms with E-state index in [2.05, 4.69) is 5.10 Å². The lowest BCUT2D eigenvalue weighted by atomic mass is 10.1. The molecule has 0 aliphatic carbocycles. The summed E-state index contributed by atoms with van der Waals surface area (Å²) in [5, 5.41) is 4.97. The van der Waals surface area contributed by atoms with Gasteiger partial charge in [0.25, 0.3) is 0 Å². The minimum Gasteiger partial charge on any atom is -0.241 e. The zero-order valence-electron chi connectivity index (χ0n) is 11.3. The first-order chi connectivity index (χ1) is 10.2. The molecule has 0 aliphatic heterocycles. The molecule has 2 aromatic carbocycles. The van der Waals surface area contributed by atoms with Crippen LogP contribution in [0.4, 0.5) is 0 Å². The number of para-hydroxylation sites is 1. The second-order valence-electron chi connectivity index (χ2n) is 4.82. The molecule has 3 rings (SSSR count). The van der Waals surface area contributed by atoms with Crippen LogP contribution in [0.15, 0.2) is 67.0 Å². The molecule has 0 radical (unpaired) electrons. The van der Waals surface area contributed by atoms with E-state index < -0.39 is 0 Å². The van der Waals surface area contributed by atoms with E-state index in [0.717, 1.165) is 21.8 Å². The number of hydrogen-bond donors (Lipinski definition) is 0. The first-order valence-corrected chi connectivity index (χ1v) is 7.53. The molecule has 4 heteroatoms. The van der Waals surface area contributed by atoms with Gasteiger partial charge in [0.1, 0.15) is 0 Å². The van der Waals surface area contributed by atoms with Crippen molar-refractivity contribution in [3.05, 3.63) is 83.1 Å². The van der Waals surface area contributed by atoms with Gasteiger partial charge in [-0.25, -0.2) is 4.68 Å². The van der Waals surface area contributed by atoms with Crippen LogP contribution in [-0.4, -0.2) is 9.78 Å². The first kappa shape index (κ1) is 14.2. The molecule has 0 bridgehead atoms. The Morgan fingerprint density at radius 2 is 1.71 bits per heavy atom. The molecular formula is C17H14Cl2N2. The SMILES string of the molecule is Clc1ccccc1CC(Cl)c1cnn(-c2ccccc2)c1. The van der Waals surface area contributed by atoms with Crippen molar-refractivity contribution in [2.45, 2.75) is 11.8 Å². The highest BCUT2D eigenvalue weighted by atomic mass is 35.5. The number of alkyl halides is 1. The summed E-state index contributed by atoms with van der Waals surface area (Å²) in [7, 11) is 0. The number of aromatic nitrogens is 2. The maximum absolute atomic E-state index is 6.50. The van der Waals surface area contributed by atoms with Gasteiger partial charge in [-0.2, -0.15) is 5.10 Å². The molecule has 106 valence electrons. The van der Waals surface area contributed by atoms with E-state index in [1.165, 1.54) is 0 Å². The summed E-state index contributed by atoms with van der Waals surface area (Å²) >= 11 is 12.7. The van der Waals surface area contributed by atoms with Crippen LogP contribution in [-0.2, 0) is 6.42 Å². The molecule has 0 saturated carbocycles. The highest BCUT2D eigenvalue weighted by Gasteiger charge is 2.13. The second-order valence-corrected chi connectivity index (χ2v) is 5.75. The van der Waals surface area contributed by atoms with Crippen molar-refractivity contribution in [3.8, 4) is 5.69 Å². The third kappa shape index (κ3) is 3.29. The molecule has 1 unspecified atom stereocenters. The fourth-order valence-electron chi connectivity index (χ4n) is 2.20. The molecule has 0 fully saturated rings. The molecule has 0 N–H and O–H groups in total. The van der Waals surface area contributed by atoms with Crippen LogP contribution in [0.25, 0.3) is 5.69 Å². The van der Waals surface area contributed by atoms with E-state index in [-0.39, 0.29) is 5.38 Å². The van der Waals surface area contributed by atoms with Crippen LogP contribution in [0.1, 0.15) is 16.5 Å². The topological polar surface area (TPSA) is 17.8 Å². The molecule has 1 atom stereocenters. The number of benzene rings is 2. The normalized spacial score (nSPS) is 12.3. The van der Waals surface area contributed by atoms with Crippen molar-refractivity contribution in [2.75, 3.05) is 0 Å². The lowest BCUT2D eigenvalue weighted by Crippen LogP contribution is -1.96. The summed E-state index contributed by atoms with van der Waals surface area (Å²) in [4.78, 5) is 0. The van der Waals surface area contributed by atoms with Crippen molar-refractivity contribution in [3.63, 3.8) is 0 Å². The van der Waals surface area contributed by atoms with E-state index in [4.69, 9.17) is 23.2 Å². The van der Waals surface area contributed by atoms with Crippen molar-refractivity contribution in [2.24, 2.45) is 0 Å². The predicted octanol–water partition coefficient (Wildman–Crippen LogP) is 5.05. The van der Waals surface area contributed by atoms with Crippen LogP contribution in [0.3, 0.4) is 0 Å². The van der Waals surface area contributed by atoms with E-state index in [1.807, 2.05) is 71.7 Å². The maximum atomic E-state index is 6.50. The smallest absolute Gasteiger partial charge is 0.0657 e. The van der Waals surface area contributed by atoms with Crippen LogP contribution in [0.2, 0.25) is 5.02 Å². The maximum Gasteiger partial charge on any atom is 0.0657 e. The van der Waals surface area contributed by atoms with Gasteiger partial charge in [-0.15, -0.1) is 11.6 Å². The first-order valence-electron chi connectivity index (χ1n) is 6.71. The molecule has 21 heavy (non-hydrogen) atoms. The van der Waals surface area contributed by atoms with Crippen LogP contribution in [0.5, 0.6) is 0 Å². The highest BCUT2D eigenvalue weighted by molar-refractivity contribution is 6.31. The van der Waals surface area contributed by atoms with Gasteiger partial charge in [-0.3, -0.25) is 0 Å². The Hall–Kier alpha value is -1.77. The molecule has 3 aromatic rings. The summed E-state index contributed by atoms with van der Waals surface area (Å²) in [5.41, 5.74) is 3.05. The van der Waals surface area contributed by atoms with Crippen molar-refractivity contribution >= 4 is 23.2 Å². The molecule has 0 amide bonds. The molecule has 0 spiro atoms. The number of rotatable bonds is 4. The molecular weight excluding hydrogens is 303 g/mol. The minimum absolute atomic E-state index is 0.151. The zero-order chi connectivity index (χ0) is 14.7. The van der Waals surface area contributed by atoms with E-state index in [1.54, 1.807) is 0 Å². The average molecular weight is 317 g/mol. The van der Waals surface area contributed by atoms with Crippen LogP contribution >= 0.6 is 23.2 Å². The third-order valence-electron chi connectivity index (χ3n) is 3.34. The highest BCUT2D eigenvalue weighted by Crippen LogP contribution is 2.28. The van der Waals surface area contributed by atoms with E-state index in [9.17, 15) is 0 Å². The second kappa shape index (κ2) is 6.33.